The highest BCUT2D eigenvalue weighted by atomic mass is 16.5. The van der Waals surface area contributed by atoms with Crippen LogP contribution in [0, 0.1) is 0 Å². The summed E-state index contributed by atoms with van der Waals surface area (Å²) < 4.78 is 10.7. The molecule has 1 amide bonds. The predicted molar refractivity (Wildman–Crippen MR) is 92.6 cm³/mol. The number of carbonyl (C=O) groups excluding carboxylic acids is 1. The van der Waals surface area contributed by atoms with Gasteiger partial charge in [0.05, 0.1) is 18.4 Å². The summed E-state index contributed by atoms with van der Waals surface area (Å²) in [4.78, 5) is 20.5. The fourth-order valence-corrected chi connectivity index (χ4v) is 1.97. The summed E-state index contributed by atoms with van der Waals surface area (Å²) in [6.45, 7) is 5.01. The quantitative estimate of drug-likeness (QED) is 0.724. The summed E-state index contributed by atoms with van der Waals surface area (Å²) in [6, 6.07) is 8.88. The Kier molecular flexibility index (Phi) is 6.51. The second kappa shape index (κ2) is 8.83. The Morgan fingerprint density at radius 1 is 1.25 bits per heavy atom. The first-order valence-corrected chi connectivity index (χ1v) is 7.72. The van der Waals surface area contributed by atoms with Gasteiger partial charge in [-0.05, 0) is 26.0 Å². The number of rotatable bonds is 8. The number of ether oxygens (including phenoxy) is 2. The Labute approximate surface area is 141 Å². The van der Waals surface area contributed by atoms with Gasteiger partial charge in [0.15, 0.2) is 0 Å². The van der Waals surface area contributed by atoms with E-state index in [2.05, 4.69) is 20.6 Å². The van der Waals surface area contributed by atoms with Gasteiger partial charge in [-0.3, -0.25) is 4.79 Å². The lowest BCUT2D eigenvalue weighted by molar-refractivity contribution is 0.102. The van der Waals surface area contributed by atoms with Gasteiger partial charge >= 0.3 is 0 Å². The van der Waals surface area contributed by atoms with Crippen molar-refractivity contribution in [3.63, 3.8) is 0 Å². The summed E-state index contributed by atoms with van der Waals surface area (Å²) in [5.41, 5.74) is 0.868. The van der Waals surface area contributed by atoms with Gasteiger partial charge in [0.1, 0.15) is 23.6 Å². The maximum Gasteiger partial charge on any atom is 0.274 e. The van der Waals surface area contributed by atoms with E-state index in [4.69, 9.17) is 9.47 Å². The van der Waals surface area contributed by atoms with Gasteiger partial charge in [-0.1, -0.05) is 12.1 Å². The van der Waals surface area contributed by atoms with Crippen LogP contribution in [-0.4, -0.2) is 42.2 Å². The first-order chi connectivity index (χ1) is 11.6. The fraction of sp³-hybridized carbons (Fsp3) is 0.353. The molecule has 2 rings (SSSR count). The summed E-state index contributed by atoms with van der Waals surface area (Å²) in [7, 11) is 1.62. The molecule has 0 radical (unpaired) electrons. The minimum atomic E-state index is -0.327. The summed E-state index contributed by atoms with van der Waals surface area (Å²) in [5.74, 6) is 0.860. The lowest BCUT2D eigenvalue weighted by atomic mass is 10.2. The SMILES string of the molecule is COCCNc1cc(C(=O)Nc2ccccc2OC(C)C)ncn1. The normalized spacial score (nSPS) is 10.5. The monoisotopic (exact) mass is 330 g/mol. The van der Waals surface area contributed by atoms with Crippen molar-refractivity contribution in [3.8, 4) is 5.75 Å². The molecule has 2 N–H and O–H groups in total. The number of nitrogens with zero attached hydrogens (tertiary/aromatic N) is 2. The number of para-hydroxylation sites is 2. The van der Waals surface area contributed by atoms with Gasteiger partial charge in [-0.2, -0.15) is 0 Å². The number of hydrogen-bond acceptors (Lipinski definition) is 6. The molecule has 0 saturated carbocycles. The molecule has 0 aliphatic heterocycles. The number of amides is 1. The average Bonchev–Trinajstić information content (AvgIpc) is 2.57. The Bertz CT molecular complexity index is 676. The Hall–Kier alpha value is -2.67. The van der Waals surface area contributed by atoms with Crippen LogP contribution in [0.25, 0.3) is 0 Å². The van der Waals surface area contributed by atoms with Crippen molar-refractivity contribution in [1.29, 1.82) is 0 Å². The third-order valence-corrected chi connectivity index (χ3v) is 3.01. The maximum atomic E-state index is 12.4. The summed E-state index contributed by atoms with van der Waals surface area (Å²) in [5, 5.41) is 5.88. The molecule has 0 aliphatic carbocycles. The summed E-state index contributed by atoms with van der Waals surface area (Å²) >= 11 is 0. The van der Waals surface area contributed by atoms with Gasteiger partial charge in [-0.15, -0.1) is 0 Å². The second-order valence-electron chi connectivity index (χ2n) is 5.32. The van der Waals surface area contributed by atoms with Crippen molar-refractivity contribution in [2.75, 3.05) is 30.9 Å². The Morgan fingerprint density at radius 2 is 2.04 bits per heavy atom. The van der Waals surface area contributed by atoms with Gasteiger partial charge < -0.3 is 20.1 Å². The van der Waals surface area contributed by atoms with E-state index in [0.29, 0.717) is 30.4 Å². The van der Waals surface area contributed by atoms with Crippen molar-refractivity contribution in [2.24, 2.45) is 0 Å². The number of methoxy groups -OCH3 is 1. The van der Waals surface area contributed by atoms with Gasteiger partial charge in [0, 0.05) is 19.7 Å². The third-order valence-electron chi connectivity index (χ3n) is 3.01. The standard InChI is InChI=1S/C17H22N4O3/c1-12(2)24-15-7-5-4-6-13(15)21-17(22)14-10-16(20-11-19-14)18-8-9-23-3/h4-7,10-12H,8-9H2,1-3H3,(H,21,22)(H,18,19,20). The van der Waals surface area contributed by atoms with Crippen molar-refractivity contribution in [3.05, 3.63) is 42.4 Å². The van der Waals surface area contributed by atoms with E-state index in [9.17, 15) is 4.79 Å². The van der Waals surface area contributed by atoms with Crippen LogP contribution in [0.2, 0.25) is 0 Å². The second-order valence-corrected chi connectivity index (χ2v) is 5.32. The Morgan fingerprint density at radius 3 is 2.79 bits per heavy atom. The molecule has 1 aromatic heterocycles. The van der Waals surface area contributed by atoms with Gasteiger partial charge in [-0.25, -0.2) is 9.97 Å². The number of carbonyl (C=O) groups is 1. The molecule has 0 fully saturated rings. The van der Waals surface area contributed by atoms with Crippen LogP contribution in [0.5, 0.6) is 5.75 Å². The molecule has 7 heteroatoms. The molecule has 1 heterocycles. The number of anilines is 2. The number of nitrogens with one attached hydrogen (secondary N) is 2. The zero-order valence-corrected chi connectivity index (χ0v) is 14.1. The Balaban J connectivity index is 2.08. The molecule has 24 heavy (non-hydrogen) atoms. The molecule has 2 aromatic rings. The highest BCUT2D eigenvalue weighted by Crippen LogP contribution is 2.25. The van der Waals surface area contributed by atoms with E-state index in [1.807, 2.05) is 32.0 Å². The van der Waals surface area contributed by atoms with Crippen LogP contribution in [0.1, 0.15) is 24.3 Å². The van der Waals surface area contributed by atoms with Crippen LogP contribution >= 0.6 is 0 Å². The van der Waals surface area contributed by atoms with Crippen LogP contribution in [-0.2, 0) is 4.74 Å². The highest BCUT2D eigenvalue weighted by molar-refractivity contribution is 6.04. The maximum absolute atomic E-state index is 12.4. The van der Waals surface area contributed by atoms with Gasteiger partial charge in [0.2, 0.25) is 0 Å². The number of aromatic nitrogens is 2. The van der Waals surface area contributed by atoms with E-state index in [1.165, 1.54) is 6.33 Å². The van der Waals surface area contributed by atoms with Crippen LogP contribution < -0.4 is 15.4 Å². The molecular weight excluding hydrogens is 308 g/mol. The van der Waals surface area contributed by atoms with Crippen LogP contribution in [0.3, 0.4) is 0 Å². The molecule has 128 valence electrons. The van der Waals surface area contributed by atoms with Crippen molar-refractivity contribution in [2.45, 2.75) is 20.0 Å². The first kappa shape index (κ1) is 17.7. The van der Waals surface area contributed by atoms with Crippen LogP contribution in [0.15, 0.2) is 36.7 Å². The molecule has 7 nitrogen and oxygen atoms in total. The van der Waals surface area contributed by atoms with E-state index < -0.39 is 0 Å². The van der Waals surface area contributed by atoms with Crippen LogP contribution in [0.4, 0.5) is 11.5 Å². The molecular formula is C17H22N4O3. The van der Waals surface area contributed by atoms with E-state index in [1.54, 1.807) is 19.2 Å². The van der Waals surface area contributed by atoms with E-state index in [-0.39, 0.29) is 17.7 Å². The van der Waals surface area contributed by atoms with E-state index in [0.717, 1.165) is 0 Å². The lowest BCUT2D eigenvalue weighted by Crippen LogP contribution is -2.17. The zero-order chi connectivity index (χ0) is 17.4. The minimum Gasteiger partial charge on any atom is -0.489 e. The number of benzene rings is 1. The molecule has 0 aliphatic rings. The lowest BCUT2D eigenvalue weighted by Gasteiger charge is -2.14. The summed E-state index contributed by atoms with van der Waals surface area (Å²) in [6.07, 6.45) is 1.36. The minimum absolute atomic E-state index is 0.0127. The zero-order valence-electron chi connectivity index (χ0n) is 14.1. The van der Waals surface area contributed by atoms with Gasteiger partial charge in [0.25, 0.3) is 5.91 Å². The topological polar surface area (TPSA) is 85.4 Å². The smallest absolute Gasteiger partial charge is 0.274 e. The molecule has 0 spiro atoms. The fourth-order valence-electron chi connectivity index (χ4n) is 1.97. The van der Waals surface area contributed by atoms with Crippen molar-refractivity contribution < 1.29 is 14.3 Å². The molecule has 0 bridgehead atoms. The molecule has 0 atom stereocenters. The van der Waals surface area contributed by atoms with Crippen molar-refractivity contribution in [1.82, 2.24) is 9.97 Å². The number of hydrogen-bond donors (Lipinski definition) is 2. The largest absolute Gasteiger partial charge is 0.489 e. The highest BCUT2D eigenvalue weighted by Gasteiger charge is 2.12. The molecule has 0 saturated heterocycles. The van der Waals surface area contributed by atoms with Crippen molar-refractivity contribution >= 4 is 17.4 Å². The predicted octanol–water partition coefficient (Wildman–Crippen LogP) is 2.57. The molecule has 0 unspecified atom stereocenters. The first-order valence-electron chi connectivity index (χ1n) is 7.72. The molecule has 1 aromatic carbocycles. The third kappa shape index (κ3) is 5.20. The van der Waals surface area contributed by atoms with E-state index >= 15 is 0 Å². The average molecular weight is 330 g/mol.